The highest BCUT2D eigenvalue weighted by molar-refractivity contribution is 5.97. The molecule has 2 aromatic rings. The molecule has 2 amide bonds. The molecular formula is C17H20FN5O2. The molecule has 1 aliphatic heterocycles. The van der Waals surface area contributed by atoms with E-state index in [9.17, 15) is 14.0 Å². The Hall–Kier alpha value is -2.77. The minimum absolute atomic E-state index is 0.0266. The second-order valence-corrected chi connectivity index (χ2v) is 6.01. The number of H-pyrrole nitrogens is 1. The fourth-order valence-corrected chi connectivity index (χ4v) is 3.02. The van der Waals surface area contributed by atoms with Crippen molar-refractivity contribution in [1.82, 2.24) is 20.1 Å². The van der Waals surface area contributed by atoms with Gasteiger partial charge in [0.05, 0.1) is 5.69 Å². The lowest BCUT2D eigenvalue weighted by Gasteiger charge is -2.24. The summed E-state index contributed by atoms with van der Waals surface area (Å²) in [6.07, 6.45) is 3.87. The molecule has 1 fully saturated rings. The quantitative estimate of drug-likeness (QED) is 0.870. The molecule has 0 bridgehead atoms. The molecule has 1 aromatic carbocycles. The fraction of sp³-hybridized carbons (Fsp3) is 0.412. The zero-order valence-electron chi connectivity index (χ0n) is 14.0. The molecule has 0 unspecified atom stereocenters. The summed E-state index contributed by atoms with van der Waals surface area (Å²) >= 11 is 0. The highest BCUT2D eigenvalue weighted by Gasteiger charge is 2.33. The number of amides is 2. The number of aromatic nitrogens is 3. The van der Waals surface area contributed by atoms with Crippen molar-refractivity contribution in [3.8, 4) is 11.4 Å². The number of carbonyl (C=O) groups is 2. The number of nitrogens with one attached hydrogen (secondary N) is 2. The second kappa shape index (κ2) is 7.42. The van der Waals surface area contributed by atoms with Crippen LogP contribution >= 0.6 is 0 Å². The van der Waals surface area contributed by atoms with Crippen molar-refractivity contribution < 1.29 is 14.0 Å². The first-order valence-electron chi connectivity index (χ1n) is 8.35. The molecule has 0 saturated carbocycles. The molecule has 0 radical (unpaired) electrons. The molecule has 8 heteroatoms. The highest BCUT2D eigenvalue weighted by Crippen LogP contribution is 2.24. The Morgan fingerprint density at radius 2 is 2.28 bits per heavy atom. The standard InChI is InChI=1S/C17H20FN5O2/c1-2-4-15(24)23-8-3-5-14(23)17(25)21-13-7-6-11(9-12(13)18)16-19-10-20-22-16/h6-7,9-10,14H,2-5,8H2,1H3,(H,21,25)(H,19,20,22)/t14-/m1/s1. The topological polar surface area (TPSA) is 91.0 Å². The minimum Gasteiger partial charge on any atom is -0.331 e. The summed E-state index contributed by atoms with van der Waals surface area (Å²) in [5, 5.41) is 8.98. The Morgan fingerprint density at radius 3 is 2.96 bits per heavy atom. The maximum atomic E-state index is 14.3. The number of nitrogens with zero attached hydrogens (tertiary/aromatic N) is 3. The Kier molecular flexibility index (Phi) is 5.06. The van der Waals surface area contributed by atoms with Gasteiger partial charge in [0, 0.05) is 18.5 Å². The molecule has 1 atom stereocenters. The first-order valence-corrected chi connectivity index (χ1v) is 8.35. The number of halogens is 1. The lowest BCUT2D eigenvalue weighted by Crippen LogP contribution is -2.43. The van der Waals surface area contributed by atoms with Crippen LogP contribution in [-0.4, -0.2) is 44.5 Å². The number of carbonyl (C=O) groups excluding carboxylic acids is 2. The normalized spacial score (nSPS) is 16.9. The fourth-order valence-electron chi connectivity index (χ4n) is 3.02. The number of anilines is 1. The van der Waals surface area contributed by atoms with Gasteiger partial charge in [-0.2, -0.15) is 5.10 Å². The third-order valence-corrected chi connectivity index (χ3v) is 4.26. The average Bonchev–Trinajstić information content (AvgIpc) is 3.28. The molecule has 0 spiro atoms. The van der Waals surface area contributed by atoms with Gasteiger partial charge in [-0.15, -0.1) is 0 Å². The van der Waals surface area contributed by atoms with Gasteiger partial charge in [-0.3, -0.25) is 14.7 Å². The van der Waals surface area contributed by atoms with Crippen LogP contribution in [-0.2, 0) is 9.59 Å². The van der Waals surface area contributed by atoms with Crippen molar-refractivity contribution in [1.29, 1.82) is 0 Å². The van der Waals surface area contributed by atoms with Crippen LogP contribution in [0.25, 0.3) is 11.4 Å². The van der Waals surface area contributed by atoms with Crippen LogP contribution in [0.3, 0.4) is 0 Å². The Balaban J connectivity index is 1.71. The number of hydrogen-bond donors (Lipinski definition) is 2. The second-order valence-electron chi connectivity index (χ2n) is 6.01. The third kappa shape index (κ3) is 3.67. The Morgan fingerprint density at radius 1 is 1.44 bits per heavy atom. The summed E-state index contributed by atoms with van der Waals surface area (Å²) in [4.78, 5) is 30.2. The van der Waals surface area contributed by atoms with Gasteiger partial charge < -0.3 is 10.2 Å². The molecule has 1 saturated heterocycles. The van der Waals surface area contributed by atoms with Crippen molar-refractivity contribution in [3.05, 3.63) is 30.3 Å². The van der Waals surface area contributed by atoms with E-state index in [1.807, 2.05) is 6.92 Å². The van der Waals surface area contributed by atoms with Crippen molar-refractivity contribution in [2.24, 2.45) is 0 Å². The molecule has 25 heavy (non-hydrogen) atoms. The van der Waals surface area contributed by atoms with Gasteiger partial charge >= 0.3 is 0 Å². The van der Waals surface area contributed by atoms with Crippen LogP contribution in [0.15, 0.2) is 24.5 Å². The summed E-state index contributed by atoms with van der Waals surface area (Å²) in [6.45, 7) is 2.50. The van der Waals surface area contributed by atoms with E-state index < -0.39 is 11.9 Å². The number of benzene rings is 1. The van der Waals surface area contributed by atoms with Crippen LogP contribution in [0.5, 0.6) is 0 Å². The van der Waals surface area contributed by atoms with E-state index in [1.54, 1.807) is 11.0 Å². The van der Waals surface area contributed by atoms with E-state index in [4.69, 9.17) is 0 Å². The van der Waals surface area contributed by atoms with Gasteiger partial charge in [0.15, 0.2) is 5.82 Å². The van der Waals surface area contributed by atoms with Gasteiger partial charge in [0.1, 0.15) is 18.2 Å². The highest BCUT2D eigenvalue weighted by atomic mass is 19.1. The van der Waals surface area contributed by atoms with Crippen LogP contribution in [0.2, 0.25) is 0 Å². The molecule has 0 aliphatic carbocycles. The maximum Gasteiger partial charge on any atom is 0.247 e. The number of rotatable bonds is 5. The van der Waals surface area contributed by atoms with Crippen LogP contribution in [0, 0.1) is 5.82 Å². The average molecular weight is 345 g/mol. The van der Waals surface area contributed by atoms with Crippen LogP contribution in [0.1, 0.15) is 32.6 Å². The predicted molar refractivity (Wildman–Crippen MR) is 90.0 cm³/mol. The van der Waals surface area contributed by atoms with Gasteiger partial charge in [0.25, 0.3) is 0 Å². The van der Waals surface area contributed by atoms with E-state index in [2.05, 4.69) is 20.5 Å². The first-order chi connectivity index (χ1) is 12.1. The van der Waals surface area contributed by atoms with Crippen molar-refractivity contribution >= 4 is 17.5 Å². The molecule has 132 valence electrons. The Labute approximate surface area is 144 Å². The lowest BCUT2D eigenvalue weighted by molar-refractivity contribution is -0.136. The van der Waals surface area contributed by atoms with Gasteiger partial charge in [-0.1, -0.05) is 6.92 Å². The smallest absolute Gasteiger partial charge is 0.247 e. The van der Waals surface area contributed by atoms with Crippen LogP contribution < -0.4 is 5.32 Å². The molecule has 7 nitrogen and oxygen atoms in total. The van der Waals surface area contributed by atoms with Gasteiger partial charge in [-0.05, 0) is 37.5 Å². The minimum atomic E-state index is -0.563. The summed E-state index contributed by atoms with van der Waals surface area (Å²) < 4.78 is 14.3. The van der Waals surface area contributed by atoms with Gasteiger partial charge in [-0.25, -0.2) is 9.37 Å². The number of hydrogen-bond acceptors (Lipinski definition) is 4. The van der Waals surface area contributed by atoms with E-state index in [-0.39, 0.29) is 17.5 Å². The largest absolute Gasteiger partial charge is 0.331 e. The summed E-state index contributed by atoms with van der Waals surface area (Å²) in [5.74, 6) is -0.495. The monoisotopic (exact) mass is 345 g/mol. The van der Waals surface area contributed by atoms with Crippen molar-refractivity contribution in [2.75, 3.05) is 11.9 Å². The van der Waals surface area contributed by atoms with E-state index in [0.29, 0.717) is 30.8 Å². The van der Waals surface area contributed by atoms with E-state index >= 15 is 0 Å². The molecule has 2 N–H and O–H groups in total. The summed E-state index contributed by atoms with van der Waals surface area (Å²) in [5.41, 5.74) is 0.622. The Bertz CT molecular complexity index is 762. The lowest BCUT2D eigenvalue weighted by atomic mass is 10.1. The van der Waals surface area contributed by atoms with Crippen LogP contribution in [0.4, 0.5) is 10.1 Å². The zero-order valence-corrected chi connectivity index (χ0v) is 14.0. The molecule has 1 aliphatic rings. The SMILES string of the molecule is CCCC(=O)N1CCC[C@@H]1C(=O)Nc1ccc(-c2ncn[nH]2)cc1F. The van der Waals surface area contributed by atoms with Crippen molar-refractivity contribution in [2.45, 2.75) is 38.6 Å². The summed E-state index contributed by atoms with van der Waals surface area (Å²) in [6, 6.07) is 3.88. The zero-order chi connectivity index (χ0) is 17.8. The van der Waals surface area contributed by atoms with E-state index in [0.717, 1.165) is 12.8 Å². The van der Waals surface area contributed by atoms with E-state index in [1.165, 1.54) is 18.5 Å². The molecule has 3 rings (SSSR count). The third-order valence-electron chi connectivity index (χ3n) is 4.26. The first kappa shape index (κ1) is 17.1. The molecule has 1 aromatic heterocycles. The van der Waals surface area contributed by atoms with Gasteiger partial charge in [0.2, 0.25) is 11.8 Å². The number of likely N-dealkylation sites (tertiary alicyclic amines) is 1. The predicted octanol–water partition coefficient (Wildman–Crippen LogP) is 2.34. The molecule has 2 heterocycles. The number of aromatic amines is 1. The molecular weight excluding hydrogens is 325 g/mol. The summed E-state index contributed by atoms with van der Waals surface area (Å²) in [7, 11) is 0. The van der Waals surface area contributed by atoms with Crippen molar-refractivity contribution in [3.63, 3.8) is 0 Å². The maximum absolute atomic E-state index is 14.3.